The van der Waals surface area contributed by atoms with Gasteiger partial charge in [0.2, 0.25) is 0 Å². The van der Waals surface area contributed by atoms with E-state index in [2.05, 4.69) is 74.2 Å². The van der Waals surface area contributed by atoms with Crippen molar-refractivity contribution in [1.29, 1.82) is 0 Å². The standard InChI is InChI=1S/C6H8N.C5H5IN.2C5H6N.4Y/c1-5-3-7-4-6(5)2;1-4-2-7-3-5(4)6;2*1-5-2-3-6-4-5;;;;/h3,7H,1-2H3;3,7H,1H3;2*2-3,6H,1H3;;;;/q4*-1;;;;. The Labute approximate surface area is 295 Å². The van der Waals surface area contributed by atoms with Crippen molar-refractivity contribution in [1.82, 2.24) is 19.9 Å². The summed E-state index contributed by atoms with van der Waals surface area (Å²) in [6.07, 6.45) is 19.2. The summed E-state index contributed by atoms with van der Waals surface area (Å²) in [6, 6.07) is 3.94. The van der Waals surface area contributed by atoms with Crippen molar-refractivity contribution in [3.63, 3.8) is 0 Å². The van der Waals surface area contributed by atoms with Gasteiger partial charge in [0.25, 0.3) is 0 Å². The third-order valence-corrected chi connectivity index (χ3v) is 4.45. The number of halogens is 1. The van der Waals surface area contributed by atoms with E-state index >= 15 is 0 Å². The number of hydrogen-bond donors (Lipinski definition) is 4. The summed E-state index contributed by atoms with van der Waals surface area (Å²) < 4.78 is 1.25. The first-order valence-electron chi connectivity index (χ1n) is 8.17. The minimum absolute atomic E-state index is 0. The fraction of sp³-hybridized carbons (Fsp3) is 0.238. The molecule has 4 rings (SSSR count). The first kappa shape index (κ1) is 39.5. The molecule has 0 aliphatic heterocycles. The molecule has 152 valence electrons. The van der Waals surface area contributed by atoms with E-state index in [1.807, 2.05) is 64.6 Å². The summed E-state index contributed by atoms with van der Waals surface area (Å²) in [7, 11) is 0. The summed E-state index contributed by atoms with van der Waals surface area (Å²) in [6.45, 7) is 10.1. The van der Waals surface area contributed by atoms with Gasteiger partial charge in [0.05, 0.1) is 0 Å². The van der Waals surface area contributed by atoms with E-state index in [9.17, 15) is 0 Å². The number of nitrogens with one attached hydrogen (secondary N) is 4. The first-order chi connectivity index (χ1) is 12.4. The molecule has 0 fully saturated rings. The number of hydrogen-bond acceptors (Lipinski definition) is 0. The summed E-state index contributed by atoms with van der Waals surface area (Å²) >= 11 is 2.26. The van der Waals surface area contributed by atoms with Crippen LogP contribution in [0.5, 0.6) is 0 Å². The molecule has 4 N–H and O–H groups in total. The van der Waals surface area contributed by atoms with Crippen LogP contribution in [0.2, 0.25) is 0 Å². The van der Waals surface area contributed by atoms with Crippen LogP contribution >= 0.6 is 22.6 Å². The molecule has 0 saturated heterocycles. The van der Waals surface area contributed by atoms with Gasteiger partial charge in [-0.3, -0.25) is 0 Å². The van der Waals surface area contributed by atoms with Crippen molar-refractivity contribution in [2.75, 3.05) is 0 Å². The van der Waals surface area contributed by atoms with Crippen LogP contribution in [0.1, 0.15) is 27.8 Å². The summed E-state index contributed by atoms with van der Waals surface area (Å²) in [4.78, 5) is 11.3. The molecular weight excluding hydrogens is 791 g/mol. The smallest absolute Gasteiger partial charge is 0 e. The van der Waals surface area contributed by atoms with Gasteiger partial charge in [-0.2, -0.15) is 46.8 Å². The molecule has 0 atom stereocenters. The zero-order valence-corrected chi connectivity index (χ0v) is 31.7. The predicted octanol–water partition coefficient (Wildman–Crippen LogP) is 5.40. The zero-order valence-electron chi connectivity index (χ0n) is 18.2. The fourth-order valence-corrected chi connectivity index (χ4v) is 1.85. The molecule has 0 spiro atoms. The van der Waals surface area contributed by atoms with Gasteiger partial charge in [0.1, 0.15) is 0 Å². The van der Waals surface area contributed by atoms with E-state index in [0.717, 1.165) is 11.1 Å². The van der Waals surface area contributed by atoms with Crippen molar-refractivity contribution >= 4 is 22.6 Å². The van der Waals surface area contributed by atoms with E-state index < -0.39 is 0 Å². The Kier molecular flexibility index (Phi) is 32.1. The van der Waals surface area contributed by atoms with E-state index in [1.54, 1.807) is 0 Å². The topological polar surface area (TPSA) is 63.2 Å². The maximum Gasteiger partial charge on any atom is 0 e. The molecule has 0 saturated carbocycles. The van der Waals surface area contributed by atoms with Gasteiger partial charge in [-0.25, -0.2) is 0 Å². The molecule has 0 aliphatic carbocycles. The van der Waals surface area contributed by atoms with Crippen molar-refractivity contribution < 1.29 is 131 Å². The summed E-state index contributed by atoms with van der Waals surface area (Å²) in [5, 5.41) is 0. The van der Waals surface area contributed by atoms with Gasteiger partial charge in [-0.1, -0.05) is 34.6 Å². The third kappa shape index (κ3) is 19.7. The van der Waals surface area contributed by atoms with Crippen LogP contribution < -0.4 is 0 Å². The Morgan fingerprint density at radius 2 is 1.03 bits per heavy atom. The molecule has 0 amide bonds. The second-order valence-corrected chi connectivity index (χ2v) is 6.84. The summed E-state index contributed by atoms with van der Waals surface area (Å²) in [5.74, 6) is 0. The Morgan fingerprint density at radius 1 is 0.600 bits per heavy atom. The second-order valence-electron chi connectivity index (χ2n) is 5.68. The molecule has 0 aliphatic rings. The normalized spacial score (nSPS) is 7.93. The van der Waals surface area contributed by atoms with E-state index in [1.165, 1.54) is 20.3 Å². The maximum atomic E-state index is 2.94. The van der Waals surface area contributed by atoms with Crippen LogP contribution in [0.25, 0.3) is 0 Å². The summed E-state index contributed by atoms with van der Waals surface area (Å²) in [5.41, 5.74) is 6.01. The quantitative estimate of drug-likeness (QED) is 0.136. The Morgan fingerprint density at radius 3 is 1.13 bits per heavy atom. The number of aryl methyl sites for hydroxylation is 5. The van der Waals surface area contributed by atoms with Crippen LogP contribution in [-0.2, 0) is 131 Å². The molecule has 4 aromatic heterocycles. The molecule has 4 radical (unpaired) electrons. The zero-order chi connectivity index (χ0) is 19.4. The molecule has 0 aromatic carbocycles. The minimum atomic E-state index is 0. The van der Waals surface area contributed by atoms with E-state index in [-0.39, 0.29) is 131 Å². The monoisotopic (exact) mass is 816 g/mol. The van der Waals surface area contributed by atoms with Crippen LogP contribution in [-0.4, -0.2) is 19.9 Å². The second kappa shape index (κ2) is 24.4. The van der Waals surface area contributed by atoms with Gasteiger partial charge < -0.3 is 19.9 Å². The Hall–Kier alpha value is 2.27. The number of aromatic amines is 4. The van der Waals surface area contributed by atoms with E-state index in [0.29, 0.717) is 0 Å². The van der Waals surface area contributed by atoms with Gasteiger partial charge >= 0.3 is 0 Å². The molecule has 0 unspecified atom stereocenters. The molecule has 4 heterocycles. The fourth-order valence-electron chi connectivity index (χ4n) is 1.56. The third-order valence-electron chi connectivity index (χ3n) is 3.33. The molecule has 9 heteroatoms. The minimum Gasteiger partial charge on any atom is -0.484 e. The average Bonchev–Trinajstić information content (AvgIpc) is 3.39. The molecular formula is C21H25IN4Y4-4. The number of aromatic nitrogens is 4. The van der Waals surface area contributed by atoms with E-state index in [4.69, 9.17) is 0 Å². The van der Waals surface area contributed by atoms with Gasteiger partial charge in [-0.15, -0.1) is 68.9 Å². The SMILES string of the molecule is Cc1[c-][nH]cc1.Cc1[c-][nH]cc1.Cc1[c-][nH]cc1C.Cc1[c-][nH]cc1I.[Y].[Y].[Y].[Y]. The molecule has 4 nitrogen and oxygen atoms in total. The molecule has 4 aromatic rings. The maximum absolute atomic E-state index is 2.94. The Balaban J connectivity index is -0.000000144. The van der Waals surface area contributed by atoms with Crippen LogP contribution in [0.3, 0.4) is 0 Å². The van der Waals surface area contributed by atoms with Crippen LogP contribution in [0, 0.1) is 63.0 Å². The average molecular weight is 816 g/mol. The predicted molar refractivity (Wildman–Crippen MR) is 115 cm³/mol. The first-order valence-corrected chi connectivity index (χ1v) is 9.24. The van der Waals surface area contributed by atoms with Gasteiger partial charge in [0.15, 0.2) is 0 Å². The van der Waals surface area contributed by atoms with Crippen LogP contribution in [0.4, 0.5) is 0 Å². The van der Waals surface area contributed by atoms with Crippen molar-refractivity contribution in [2.45, 2.75) is 34.6 Å². The van der Waals surface area contributed by atoms with Crippen molar-refractivity contribution in [2.24, 2.45) is 0 Å². The van der Waals surface area contributed by atoms with Gasteiger partial charge in [0, 0.05) is 131 Å². The van der Waals surface area contributed by atoms with Crippen molar-refractivity contribution in [3.05, 3.63) is 93.1 Å². The largest absolute Gasteiger partial charge is 0.484 e. The van der Waals surface area contributed by atoms with Crippen LogP contribution in [0.15, 0.2) is 36.9 Å². The van der Waals surface area contributed by atoms with Gasteiger partial charge in [-0.05, 0) is 0 Å². The Bertz CT molecular complexity index is 722. The number of rotatable bonds is 0. The number of H-pyrrole nitrogens is 4. The van der Waals surface area contributed by atoms with Crippen molar-refractivity contribution in [3.8, 4) is 0 Å². The molecule has 30 heavy (non-hydrogen) atoms. The molecule has 0 bridgehead atoms.